The monoisotopic (exact) mass is 262 g/mol. The molecule has 0 atom stereocenters. The highest BCUT2D eigenvalue weighted by atomic mass is 79.9. The number of rotatable bonds is 2. The van der Waals surface area contributed by atoms with Crippen molar-refractivity contribution in [1.82, 2.24) is 0 Å². The van der Waals surface area contributed by atoms with Crippen LogP contribution in [0.5, 0.6) is 0 Å². The van der Waals surface area contributed by atoms with E-state index in [1.54, 1.807) is 12.1 Å². The van der Waals surface area contributed by atoms with Crippen molar-refractivity contribution in [2.24, 2.45) is 0 Å². The summed E-state index contributed by atoms with van der Waals surface area (Å²) in [6.07, 6.45) is 0.333. The Morgan fingerprint density at radius 1 is 1.07 bits per heavy atom. The predicted molar refractivity (Wildman–Crippen MR) is 62.0 cm³/mol. The lowest BCUT2D eigenvalue weighted by Gasteiger charge is -2.00. The number of Topliss-reactive ketones (excluding diaryl/α,β-unsaturated/α-hetero) is 1. The Hall–Kier alpha value is -1.48. The first-order valence-electron chi connectivity index (χ1n) is 4.39. The van der Waals surface area contributed by atoms with Crippen molar-refractivity contribution in [1.29, 1.82) is 0 Å². The average molecular weight is 263 g/mol. The molecule has 0 fully saturated rings. The Balaban J connectivity index is 2.61. The Morgan fingerprint density at radius 3 is 2.47 bits per heavy atom. The van der Waals surface area contributed by atoms with Crippen LogP contribution in [0.1, 0.15) is 10.4 Å². The number of ketones is 1. The predicted octanol–water partition coefficient (Wildman–Crippen LogP) is 2.98. The van der Waals surface area contributed by atoms with Crippen LogP contribution in [-0.2, 0) is 4.79 Å². The van der Waals surface area contributed by atoms with E-state index in [0.29, 0.717) is 11.8 Å². The molecule has 0 saturated carbocycles. The molecule has 0 aliphatic rings. The SMILES string of the molecule is O=CC(=O)c1ccc2cc(Br)ccc2c1. The van der Waals surface area contributed by atoms with Gasteiger partial charge in [0.25, 0.3) is 0 Å². The molecule has 15 heavy (non-hydrogen) atoms. The quantitative estimate of drug-likeness (QED) is 0.474. The fourth-order valence-corrected chi connectivity index (χ4v) is 1.82. The molecule has 2 aromatic carbocycles. The van der Waals surface area contributed by atoms with E-state index in [4.69, 9.17) is 0 Å². The Morgan fingerprint density at radius 2 is 1.73 bits per heavy atom. The number of benzene rings is 2. The molecule has 0 aliphatic heterocycles. The van der Waals surface area contributed by atoms with E-state index >= 15 is 0 Å². The standard InChI is InChI=1S/C12H7BrO2/c13-11-4-3-8-5-10(12(15)7-14)2-1-9(8)6-11/h1-7H. The zero-order valence-electron chi connectivity index (χ0n) is 7.74. The summed E-state index contributed by atoms with van der Waals surface area (Å²) in [6.45, 7) is 0. The second kappa shape index (κ2) is 3.95. The summed E-state index contributed by atoms with van der Waals surface area (Å²) in [4.78, 5) is 21.5. The molecule has 0 spiro atoms. The molecular formula is C12H7BrO2. The third kappa shape index (κ3) is 1.97. The van der Waals surface area contributed by atoms with Crippen molar-refractivity contribution < 1.29 is 9.59 Å². The van der Waals surface area contributed by atoms with E-state index in [-0.39, 0.29) is 0 Å². The zero-order chi connectivity index (χ0) is 10.8. The highest BCUT2D eigenvalue weighted by molar-refractivity contribution is 9.10. The molecule has 0 saturated heterocycles. The summed E-state index contributed by atoms with van der Waals surface area (Å²) < 4.78 is 0.990. The molecule has 0 amide bonds. The normalized spacial score (nSPS) is 10.2. The number of halogens is 1. The van der Waals surface area contributed by atoms with Crippen molar-refractivity contribution in [3.63, 3.8) is 0 Å². The summed E-state index contributed by atoms with van der Waals surface area (Å²) in [5.41, 5.74) is 0.430. The van der Waals surface area contributed by atoms with Crippen LogP contribution in [0.2, 0.25) is 0 Å². The lowest BCUT2D eigenvalue weighted by Crippen LogP contribution is -1.98. The van der Waals surface area contributed by atoms with Gasteiger partial charge in [0.05, 0.1) is 0 Å². The minimum absolute atomic E-state index is 0.333. The number of aldehydes is 1. The van der Waals surface area contributed by atoms with Gasteiger partial charge in [0.2, 0.25) is 5.78 Å². The van der Waals surface area contributed by atoms with Crippen LogP contribution >= 0.6 is 15.9 Å². The minimum atomic E-state index is -0.486. The summed E-state index contributed by atoms with van der Waals surface area (Å²) in [6, 6.07) is 11.0. The maximum absolute atomic E-state index is 11.1. The van der Waals surface area contributed by atoms with Crippen LogP contribution in [0.25, 0.3) is 10.8 Å². The van der Waals surface area contributed by atoms with Gasteiger partial charge in [0.1, 0.15) is 0 Å². The van der Waals surface area contributed by atoms with Crippen molar-refractivity contribution in [2.45, 2.75) is 0 Å². The molecule has 0 N–H and O–H groups in total. The van der Waals surface area contributed by atoms with E-state index in [1.807, 2.05) is 24.3 Å². The molecule has 3 heteroatoms. The van der Waals surface area contributed by atoms with Crippen LogP contribution in [0.15, 0.2) is 40.9 Å². The van der Waals surface area contributed by atoms with Crippen LogP contribution in [0, 0.1) is 0 Å². The average Bonchev–Trinajstić information content (AvgIpc) is 2.27. The lowest BCUT2D eigenvalue weighted by molar-refractivity contribution is -0.104. The molecule has 0 unspecified atom stereocenters. The van der Waals surface area contributed by atoms with E-state index in [9.17, 15) is 9.59 Å². The number of carbonyl (C=O) groups is 2. The van der Waals surface area contributed by atoms with Gasteiger partial charge in [-0.25, -0.2) is 0 Å². The fourth-order valence-electron chi connectivity index (χ4n) is 1.44. The van der Waals surface area contributed by atoms with Crippen LogP contribution in [-0.4, -0.2) is 12.1 Å². The fraction of sp³-hybridized carbons (Fsp3) is 0. The second-order valence-electron chi connectivity index (χ2n) is 3.19. The molecule has 0 bridgehead atoms. The molecule has 74 valence electrons. The third-order valence-corrected chi connectivity index (χ3v) is 2.69. The summed E-state index contributed by atoms with van der Waals surface area (Å²) in [5, 5.41) is 1.98. The van der Waals surface area contributed by atoms with Gasteiger partial charge < -0.3 is 0 Å². The summed E-state index contributed by atoms with van der Waals surface area (Å²) >= 11 is 3.37. The van der Waals surface area contributed by atoms with E-state index in [0.717, 1.165) is 15.2 Å². The van der Waals surface area contributed by atoms with E-state index in [1.165, 1.54) is 0 Å². The van der Waals surface area contributed by atoms with Crippen LogP contribution in [0.4, 0.5) is 0 Å². The number of carbonyl (C=O) groups excluding carboxylic acids is 2. The highest BCUT2D eigenvalue weighted by Crippen LogP contribution is 2.20. The number of fused-ring (bicyclic) bond motifs is 1. The van der Waals surface area contributed by atoms with E-state index < -0.39 is 5.78 Å². The van der Waals surface area contributed by atoms with Gasteiger partial charge in [-0.05, 0) is 29.0 Å². The molecule has 0 aliphatic carbocycles. The van der Waals surface area contributed by atoms with Crippen molar-refractivity contribution in [3.05, 3.63) is 46.4 Å². The van der Waals surface area contributed by atoms with Crippen LogP contribution in [0.3, 0.4) is 0 Å². The number of hydrogen-bond donors (Lipinski definition) is 0. The first-order chi connectivity index (χ1) is 7.20. The van der Waals surface area contributed by atoms with Gasteiger partial charge >= 0.3 is 0 Å². The van der Waals surface area contributed by atoms with Gasteiger partial charge in [-0.2, -0.15) is 0 Å². The van der Waals surface area contributed by atoms with E-state index in [2.05, 4.69) is 15.9 Å². The molecule has 2 nitrogen and oxygen atoms in total. The number of hydrogen-bond acceptors (Lipinski definition) is 2. The molecule has 2 rings (SSSR count). The van der Waals surface area contributed by atoms with Gasteiger partial charge in [-0.1, -0.05) is 34.1 Å². The van der Waals surface area contributed by atoms with Crippen molar-refractivity contribution >= 4 is 38.8 Å². The Labute approximate surface area is 95.0 Å². The smallest absolute Gasteiger partial charge is 0.225 e. The summed E-state index contributed by atoms with van der Waals surface area (Å²) in [5.74, 6) is -0.486. The first kappa shape index (κ1) is 10.1. The largest absolute Gasteiger partial charge is 0.294 e. The minimum Gasteiger partial charge on any atom is -0.294 e. The maximum Gasteiger partial charge on any atom is 0.225 e. The molecule has 0 heterocycles. The zero-order valence-corrected chi connectivity index (χ0v) is 9.32. The van der Waals surface area contributed by atoms with Gasteiger partial charge in [-0.15, -0.1) is 0 Å². The van der Waals surface area contributed by atoms with Gasteiger partial charge in [0.15, 0.2) is 6.29 Å². The molecule has 2 aromatic rings. The topological polar surface area (TPSA) is 34.1 Å². The molecule has 0 aromatic heterocycles. The third-order valence-electron chi connectivity index (χ3n) is 2.19. The Kier molecular flexibility index (Phi) is 2.64. The lowest BCUT2D eigenvalue weighted by atomic mass is 10.1. The van der Waals surface area contributed by atoms with Crippen molar-refractivity contribution in [2.75, 3.05) is 0 Å². The first-order valence-corrected chi connectivity index (χ1v) is 5.19. The van der Waals surface area contributed by atoms with Gasteiger partial charge in [-0.3, -0.25) is 9.59 Å². The molecule has 0 radical (unpaired) electrons. The van der Waals surface area contributed by atoms with Crippen molar-refractivity contribution in [3.8, 4) is 0 Å². The van der Waals surface area contributed by atoms with Crippen LogP contribution < -0.4 is 0 Å². The second-order valence-corrected chi connectivity index (χ2v) is 4.10. The summed E-state index contributed by atoms with van der Waals surface area (Å²) in [7, 11) is 0. The highest BCUT2D eigenvalue weighted by Gasteiger charge is 2.04. The molecular weight excluding hydrogens is 256 g/mol. The maximum atomic E-state index is 11.1. The van der Waals surface area contributed by atoms with Gasteiger partial charge in [0, 0.05) is 10.0 Å². The Bertz CT molecular complexity index is 546.